The third kappa shape index (κ3) is 5.03. The summed E-state index contributed by atoms with van der Waals surface area (Å²) in [7, 11) is 0. The number of nitrogens with two attached hydrogens (primary N) is 1. The summed E-state index contributed by atoms with van der Waals surface area (Å²) in [5.74, 6) is 0.677. The molecule has 0 radical (unpaired) electrons. The van der Waals surface area contributed by atoms with Crippen LogP contribution >= 0.6 is 23.2 Å². The van der Waals surface area contributed by atoms with Gasteiger partial charge in [-0.3, -0.25) is 4.79 Å². The number of ether oxygens (including phenoxy) is 1. The Morgan fingerprint density at radius 3 is 2.47 bits per heavy atom. The van der Waals surface area contributed by atoms with E-state index in [1.807, 2.05) is 37.3 Å². The molecule has 1 aliphatic rings. The highest BCUT2D eigenvalue weighted by atomic mass is 35.5. The lowest BCUT2D eigenvalue weighted by molar-refractivity contribution is 0.0747. The number of benzene rings is 2. The number of amides is 1. The van der Waals surface area contributed by atoms with E-state index in [4.69, 9.17) is 33.7 Å². The minimum atomic E-state index is -0.159. The van der Waals surface area contributed by atoms with Crippen LogP contribution in [-0.2, 0) is 4.74 Å². The average molecular weight is 550 g/mol. The highest BCUT2D eigenvalue weighted by Gasteiger charge is 2.25. The number of nitrogens with zero attached hydrogens (tertiary/aromatic N) is 6. The van der Waals surface area contributed by atoms with Gasteiger partial charge in [0, 0.05) is 43.5 Å². The molecular weight excluding hydrogens is 525 g/mol. The smallest absolute Gasteiger partial charge is 0.257 e. The van der Waals surface area contributed by atoms with Crippen LogP contribution in [0.1, 0.15) is 23.1 Å². The molecular formula is C27H25Cl2N7O2. The van der Waals surface area contributed by atoms with Gasteiger partial charge in [-0.2, -0.15) is 4.52 Å². The van der Waals surface area contributed by atoms with Gasteiger partial charge in [0.1, 0.15) is 0 Å². The topological polar surface area (TPSA) is 102 Å². The predicted molar refractivity (Wildman–Crippen MR) is 150 cm³/mol. The number of hydrogen-bond donors (Lipinski definition) is 1. The van der Waals surface area contributed by atoms with Crippen molar-refractivity contribution >= 4 is 52.2 Å². The molecule has 2 N–H and O–H groups in total. The Kier molecular flexibility index (Phi) is 7.22. The van der Waals surface area contributed by atoms with Crippen LogP contribution in [0.2, 0.25) is 10.0 Å². The molecule has 0 saturated carbocycles. The van der Waals surface area contributed by atoms with Crippen molar-refractivity contribution in [2.75, 3.05) is 36.8 Å². The number of rotatable bonds is 6. The molecule has 0 atom stereocenters. The normalized spacial score (nSPS) is 13.9. The van der Waals surface area contributed by atoms with E-state index in [1.54, 1.807) is 29.2 Å². The highest BCUT2D eigenvalue weighted by Crippen LogP contribution is 2.29. The number of anilines is 2. The van der Waals surface area contributed by atoms with Gasteiger partial charge < -0.3 is 20.3 Å². The molecule has 9 nitrogen and oxygen atoms in total. The molecule has 0 unspecified atom stereocenters. The standard InChI is InChI=1S/C27H25Cl2N7O2/c1-3-14-38-17(2)25-32-23-16-22(31-27(30)36(23)33-25)18-6-4-7-19(15-18)34-10-12-35(13-11-34)26(37)24-20(28)8-5-9-21(24)29/h3-9,14-16H,2,10-13H2,1H3,(H2,30,31)/b14-3-. The van der Waals surface area contributed by atoms with E-state index in [1.165, 1.54) is 10.8 Å². The minimum absolute atomic E-state index is 0.159. The predicted octanol–water partition coefficient (Wildman–Crippen LogP) is 5.16. The molecule has 0 bridgehead atoms. The zero-order valence-corrected chi connectivity index (χ0v) is 22.2. The van der Waals surface area contributed by atoms with Crippen LogP contribution in [-0.4, -0.2) is 56.6 Å². The lowest BCUT2D eigenvalue weighted by Gasteiger charge is -2.36. The van der Waals surface area contributed by atoms with Crippen LogP contribution in [0, 0.1) is 0 Å². The second-order valence-corrected chi connectivity index (χ2v) is 9.46. The Morgan fingerprint density at radius 2 is 1.76 bits per heavy atom. The number of nitrogen functional groups attached to an aromatic ring is 1. The fraction of sp³-hybridized carbons (Fsp3) is 0.185. The highest BCUT2D eigenvalue weighted by molar-refractivity contribution is 6.39. The number of carbonyl (C=O) groups is 1. The van der Waals surface area contributed by atoms with E-state index in [0.717, 1.165) is 11.3 Å². The lowest BCUT2D eigenvalue weighted by Crippen LogP contribution is -2.48. The first-order chi connectivity index (χ1) is 18.4. The Morgan fingerprint density at radius 1 is 1.05 bits per heavy atom. The first-order valence-electron chi connectivity index (χ1n) is 11.9. The molecule has 194 valence electrons. The van der Waals surface area contributed by atoms with Crippen LogP contribution in [0.15, 0.2) is 67.4 Å². The van der Waals surface area contributed by atoms with Gasteiger partial charge in [-0.15, -0.1) is 5.10 Å². The molecule has 0 aliphatic carbocycles. The van der Waals surface area contributed by atoms with Crippen molar-refractivity contribution in [3.8, 4) is 11.3 Å². The van der Waals surface area contributed by atoms with E-state index in [-0.39, 0.29) is 11.9 Å². The number of hydrogen-bond acceptors (Lipinski definition) is 7. The Bertz CT molecular complexity index is 1540. The Labute approximate surface area is 229 Å². The van der Waals surface area contributed by atoms with Gasteiger partial charge >= 0.3 is 0 Å². The lowest BCUT2D eigenvalue weighted by atomic mass is 10.1. The monoisotopic (exact) mass is 549 g/mol. The molecule has 2 aromatic carbocycles. The second-order valence-electron chi connectivity index (χ2n) is 8.64. The van der Waals surface area contributed by atoms with Crippen molar-refractivity contribution in [2.45, 2.75) is 6.92 Å². The van der Waals surface area contributed by atoms with E-state index in [0.29, 0.717) is 64.7 Å². The molecule has 1 fully saturated rings. The van der Waals surface area contributed by atoms with Crippen molar-refractivity contribution < 1.29 is 9.53 Å². The zero-order valence-electron chi connectivity index (χ0n) is 20.6. The van der Waals surface area contributed by atoms with Crippen LogP contribution in [0.5, 0.6) is 0 Å². The summed E-state index contributed by atoms with van der Waals surface area (Å²) < 4.78 is 6.84. The fourth-order valence-corrected chi connectivity index (χ4v) is 4.83. The molecule has 3 heterocycles. The summed E-state index contributed by atoms with van der Waals surface area (Å²) in [6.07, 6.45) is 3.25. The number of piperazine rings is 1. The third-order valence-electron chi connectivity index (χ3n) is 6.20. The zero-order chi connectivity index (χ0) is 26.8. The fourth-order valence-electron chi connectivity index (χ4n) is 4.27. The molecule has 11 heteroatoms. The van der Waals surface area contributed by atoms with Gasteiger partial charge in [0.25, 0.3) is 5.91 Å². The summed E-state index contributed by atoms with van der Waals surface area (Å²) in [6, 6.07) is 14.9. The molecule has 0 spiro atoms. The summed E-state index contributed by atoms with van der Waals surface area (Å²) in [5.41, 5.74) is 9.64. The van der Waals surface area contributed by atoms with E-state index < -0.39 is 0 Å². The summed E-state index contributed by atoms with van der Waals surface area (Å²) in [4.78, 5) is 26.1. The first-order valence-corrected chi connectivity index (χ1v) is 12.7. The molecule has 1 aliphatic heterocycles. The third-order valence-corrected chi connectivity index (χ3v) is 6.83. The maximum absolute atomic E-state index is 13.0. The van der Waals surface area contributed by atoms with Crippen molar-refractivity contribution in [3.63, 3.8) is 0 Å². The summed E-state index contributed by atoms with van der Waals surface area (Å²) in [5, 5.41) is 5.06. The van der Waals surface area contributed by atoms with Crippen molar-refractivity contribution in [1.29, 1.82) is 0 Å². The van der Waals surface area contributed by atoms with Crippen LogP contribution in [0.4, 0.5) is 11.6 Å². The van der Waals surface area contributed by atoms with Crippen molar-refractivity contribution in [1.82, 2.24) is 24.5 Å². The number of halogens is 2. The van der Waals surface area contributed by atoms with Crippen molar-refractivity contribution in [3.05, 3.63) is 88.9 Å². The van der Waals surface area contributed by atoms with Gasteiger partial charge in [-0.05, 0) is 31.2 Å². The van der Waals surface area contributed by atoms with Crippen LogP contribution < -0.4 is 10.6 Å². The average Bonchev–Trinajstić information content (AvgIpc) is 3.37. The minimum Gasteiger partial charge on any atom is -0.462 e. The number of carbonyl (C=O) groups excluding carboxylic acids is 1. The number of allylic oxidation sites excluding steroid dienone is 1. The second kappa shape index (κ2) is 10.7. The van der Waals surface area contributed by atoms with E-state index in [2.05, 4.69) is 26.5 Å². The van der Waals surface area contributed by atoms with Gasteiger partial charge in [-0.25, -0.2) is 9.97 Å². The SMILES string of the molecule is C=C(O/C=C\C)c1nc2cc(-c3cccc(N4CCN(C(=O)c5c(Cl)cccc5Cl)CC4)c3)nc(N)n2n1. The van der Waals surface area contributed by atoms with Gasteiger partial charge in [0.2, 0.25) is 11.8 Å². The molecule has 1 saturated heterocycles. The van der Waals surface area contributed by atoms with Crippen LogP contribution in [0.3, 0.4) is 0 Å². The Hall–Kier alpha value is -4.08. The molecule has 5 rings (SSSR count). The Balaban J connectivity index is 1.33. The van der Waals surface area contributed by atoms with E-state index in [9.17, 15) is 4.79 Å². The van der Waals surface area contributed by atoms with Gasteiger partial charge in [0.05, 0.1) is 27.6 Å². The summed E-state index contributed by atoms with van der Waals surface area (Å²) >= 11 is 12.5. The maximum atomic E-state index is 13.0. The molecule has 38 heavy (non-hydrogen) atoms. The number of fused-ring (bicyclic) bond motifs is 1. The largest absolute Gasteiger partial charge is 0.462 e. The van der Waals surface area contributed by atoms with Crippen LogP contribution in [0.25, 0.3) is 22.7 Å². The molecule has 2 aromatic heterocycles. The molecule has 4 aromatic rings. The van der Waals surface area contributed by atoms with Crippen molar-refractivity contribution in [2.24, 2.45) is 0 Å². The van der Waals surface area contributed by atoms with Gasteiger partial charge in [0.15, 0.2) is 11.4 Å². The number of aromatic nitrogens is 4. The molecule has 1 amide bonds. The maximum Gasteiger partial charge on any atom is 0.257 e. The quantitative estimate of drug-likeness (QED) is 0.331. The van der Waals surface area contributed by atoms with E-state index >= 15 is 0 Å². The summed E-state index contributed by atoms with van der Waals surface area (Å²) in [6.45, 7) is 8.10. The first kappa shape index (κ1) is 25.6. The van der Waals surface area contributed by atoms with Gasteiger partial charge in [-0.1, -0.05) is 54.1 Å².